The average molecular weight is 243 g/mol. The topological polar surface area (TPSA) is 52.3 Å². The van der Waals surface area contributed by atoms with Crippen LogP contribution in [0.2, 0.25) is 0 Å². The second-order valence-electron chi connectivity index (χ2n) is 4.06. The van der Waals surface area contributed by atoms with E-state index < -0.39 is 23.1 Å². The number of rotatable bonds is 4. The molecular weight excluding hydrogens is 228 g/mol. The molecule has 0 bridgehead atoms. The lowest BCUT2D eigenvalue weighted by Gasteiger charge is -2.24. The third-order valence-corrected chi connectivity index (χ3v) is 2.34. The molecular formula is C12H15F2NO2. The second kappa shape index (κ2) is 5.23. The van der Waals surface area contributed by atoms with Crippen LogP contribution in [0, 0.1) is 11.6 Å². The van der Waals surface area contributed by atoms with Crippen LogP contribution in [0.3, 0.4) is 0 Å². The van der Waals surface area contributed by atoms with Crippen LogP contribution in [0.25, 0.3) is 0 Å². The van der Waals surface area contributed by atoms with Crippen molar-refractivity contribution in [3.05, 3.63) is 35.4 Å². The smallest absolute Gasteiger partial charge is 0.307 e. The third kappa shape index (κ3) is 3.78. The molecule has 94 valence electrons. The summed E-state index contributed by atoms with van der Waals surface area (Å²) >= 11 is 0. The number of esters is 1. The van der Waals surface area contributed by atoms with Crippen LogP contribution in [0.5, 0.6) is 0 Å². The molecule has 0 fully saturated rings. The van der Waals surface area contributed by atoms with Crippen molar-refractivity contribution < 1.29 is 18.3 Å². The third-order valence-electron chi connectivity index (χ3n) is 2.34. The predicted molar refractivity (Wildman–Crippen MR) is 59.1 cm³/mol. The fraction of sp³-hybridized carbons (Fsp3) is 0.417. The van der Waals surface area contributed by atoms with E-state index in [1.165, 1.54) is 6.92 Å². The van der Waals surface area contributed by atoms with E-state index in [0.29, 0.717) is 0 Å². The lowest BCUT2D eigenvalue weighted by atomic mass is 9.89. The van der Waals surface area contributed by atoms with Gasteiger partial charge in [0.25, 0.3) is 0 Å². The molecule has 1 aromatic rings. The standard InChI is InChI=1S/C12H15F2NO2/c1-3-17-11(16)7-12(2,15)8-4-9(13)6-10(14)5-8/h4-6H,3,7,15H2,1-2H3. The van der Waals surface area contributed by atoms with Gasteiger partial charge in [-0.05, 0) is 31.5 Å². The van der Waals surface area contributed by atoms with E-state index in [1.807, 2.05) is 0 Å². The number of ether oxygens (including phenoxy) is 1. The SMILES string of the molecule is CCOC(=O)CC(C)(N)c1cc(F)cc(F)c1. The van der Waals surface area contributed by atoms with Crippen molar-refractivity contribution in [2.45, 2.75) is 25.8 Å². The maximum Gasteiger partial charge on any atom is 0.307 e. The Labute approximate surface area is 98.6 Å². The molecule has 0 aliphatic rings. The Kier molecular flexibility index (Phi) is 4.17. The molecule has 0 spiro atoms. The van der Waals surface area contributed by atoms with Gasteiger partial charge in [-0.1, -0.05) is 0 Å². The first kappa shape index (κ1) is 13.6. The van der Waals surface area contributed by atoms with Gasteiger partial charge in [-0.15, -0.1) is 0 Å². The molecule has 0 saturated carbocycles. The Morgan fingerprint density at radius 2 is 1.88 bits per heavy atom. The molecule has 5 heteroatoms. The highest BCUT2D eigenvalue weighted by Crippen LogP contribution is 2.23. The van der Waals surface area contributed by atoms with Crippen molar-refractivity contribution >= 4 is 5.97 Å². The summed E-state index contributed by atoms with van der Waals surface area (Å²) in [6, 6.07) is 2.98. The monoisotopic (exact) mass is 243 g/mol. The number of benzene rings is 1. The van der Waals surface area contributed by atoms with Gasteiger partial charge in [0, 0.05) is 11.6 Å². The Bertz CT molecular complexity index is 399. The largest absolute Gasteiger partial charge is 0.466 e. The van der Waals surface area contributed by atoms with Crippen molar-refractivity contribution in [2.75, 3.05) is 6.61 Å². The Morgan fingerprint density at radius 1 is 1.35 bits per heavy atom. The summed E-state index contributed by atoms with van der Waals surface area (Å²) in [5, 5.41) is 0. The van der Waals surface area contributed by atoms with Crippen LogP contribution in [0.1, 0.15) is 25.8 Å². The van der Waals surface area contributed by atoms with E-state index >= 15 is 0 Å². The van der Waals surface area contributed by atoms with Gasteiger partial charge < -0.3 is 10.5 Å². The molecule has 0 radical (unpaired) electrons. The molecule has 0 aromatic heterocycles. The number of halogens is 2. The molecule has 0 saturated heterocycles. The molecule has 1 atom stereocenters. The minimum Gasteiger partial charge on any atom is -0.466 e. The fourth-order valence-electron chi connectivity index (χ4n) is 1.50. The molecule has 3 nitrogen and oxygen atoms in total. The maximum atomic E-state index is 13.0. The summed E-state index contributed by atoms with van der Waals surface area (Å²) in [5.74, 6) is -1.94. The summed E-state index contributed by atoms with van der Waals surface area (Å²) in [6.45, 7) is 3.44. The van der Waals surface area contributed by atoms with Crippen molar-refractivity contribution in [2.24, 2.45) is 5.73 Å². The molecule has 0 heterocycles. The highest BCUT2D eigenvalue weighted by atomic mass is 19.1. The van der Waals surface area contributed by atoms with Crippen LogP contribution in [0.4, 0.5) is 8.78 Å². The van der Waals surface area contributed by atoms with E-state index in [2.05, 4.69) is 0 Å². The van der Waals surface area contributed by atoms with E-state index in [-0.39, 0.29) is 18.6 Å². The molecule has 1 unspecified atom stereocenters. The Morgan fingerprint density at radius 3 is 2.35 bits per heavy atom. The summed E-state index contributed by atoms with van der Waals surface area (Å²) < 4.78 is 30.8. The summed E-state index contributed by atoms with van der Waals surface area (Å²) in [7, 11) is 0. The van der Waals surface area contributed by atoms with Crippen LogP contribution in [0.15, 0.2) is 18.2 Å². The number of nitrogens with two attached hydrogens (primary N) is 1. The van der Waals surface area contributed by atoms with E-state index in [4.69, 9.17) is 10.5 Å². The predicted octanol–water partition coefficient (Wildman–Crippen LogP) is 2.09. The zero-order chi connectivity index (χ0) is 13.1. The van der Waals surface area contributed by atoms with Crippen LogP contribution in [-0.4, -0.2) is 12.6 Å². The van der Waals surface area contributed by atoms with Gasteiger partial charge in [0.05, 0.1) is 13.0 Å². The van der Waals surface area contributed by atoms with Crippen LogP contribution >= 0.6 is 0 Å². The normalized spacial score (nSPS) is 14.2. The lowest BCUT2D eigenvalue weighted by molar-refractivity contribution is -0.144. The van der Waals surface area contributed by atoms with Gasteiger partial charge in [-0.25, -0.2) is 8.78 Å². The summed E-state index contributed by atoms with van der Waals surface area (Å²) in [4.78, 5) is 11.3. The lowest BCUT2D eigenvalue weighted by Crippen LogP contribution is -2.36. The first-order chi connectivity index (χ1) is 7.85. The zero-order valence-corrected chi connectivity index (χ0v) is 9.80. The number of carbonyl (C=O) groups excluding carboxylic acids is 1. The molecule has 0 amide bonds. The quantitative estimate of drug-likeness (QED) is 0.824. The zero-order valence-electron chi connectivity index (χ0n) is 9.80. The minimum atomic E-state index is -1.16. The van der Waals surface area contributed by atoms with E-state index in [9.17, 15) is 13.6 Å². The molecule has 1 rings (SSSR count). The van der Waals surface area contributed by atoms with Crippen molar-refractivity contribution in [3.8, 4) is 0 Å². The summed E-state index contributed by atoms with van der Waals surface area (Å²) in [6.07, 6.45) is -0.135. The molecule has 0 aliphatic carbocycles. The van der Waals surface area contributed by atoms with Crippen LogP contribution in [-0.2, 0) is 15.1 Å². The molecule has 17 heavy (non-hydrogen) atoms. The van der Waals surface area contributed by atoms with E-state index in [0.717, 1.165) is 18.2 Å². The van der Waals surface area contributed by atoms with Gasteiger partial charge in [-0.3, -0.25) is 4.79 Å². The molecule has 0 aliphatic heterocycles. The Hall–Kier alpha value is -1.49. The highest BCUT2D eigenvalue weighted by molar-refractivity contribution is 5.71. The average Bonchev–Trinajstić information content (AvgIpc) is 2.15. The van der Waals surface area contributed by atoms with Crippen molar-refractivity contribution in [1.29, 1.82) is 0 Å². The van der Waals surface area contributed by atoms with Gasteiger partial charge in [0.15, 0.2) is 0 Å². The number of hydrogen-bond donors (Lipinski definition) is 1. The molecule has 1 aromatic carbocycles. The van der Waals surface area contributed by atoms with Gasteiger partial charge in [0.1, 0.15) is 11.6 Å². The first-order valence-electron chi connectivity index (χ1n) is 5.26. The Balaban J connectivity index is 2.92. The van der Waals surface area contributed by atoms with Crippen molar-refractivity contribution in [3.63, 3.8) is 0 Å². The first-order valence-corrected chi connectivity index (χ1v) is 5.26. The minimum absolute atomic E-state index is 0.135. The number of hydrogen-bond acceptors (Lipinski definition) is 3. The second-order valence-corrected chi connectivity index (χ2v) is 4.06. The maximum absolute atomic E-state index is 13.0. The molecule has 2 N–H and O–H groups in total. The fourth-order valence-corrected chi connectivity index (χ4v) is 1.50. The summed E-state index contributed by atoms with van der Waals surface area (Å²) in [5.41, 5.74) is 4.94. The van der Waals surface area contributed by atoms with Gasteiger partial charge >= 0.3 is 5.97 Å². The van der Waals surface area contributed by atoms with Crippen LogP contribution < -0.4 is 5.73 Å². The number of carbonyl (C=O) groups is 1. The van der Waals surface area contributed by atoms with Gasteiger partial charge in [0.2, 0.25) is 0 Å². The van der Waals surface area contributed by atoms with E-state index in [1.54, 1.807) is 6.92 Å². The van der Waals surface area contributed by atoms with Crippen molar-refractivity contribution in [1.82, 2.24) is 0 Å². The highest BCUT2D eigenvalue weighted by Gasteiger charge is 2.26. The van der Waals surface area contributed by atoms with Gasteiger partial charge in [-0.2, -0.15) is 0 Å².